The van der Waals surface area contributed by atoms with Crippen LogP contribution >= 0.6 is 27.3 Å². The first-order valence-electron chi connectivity index (χ1n) is 8.78. The summed E-state index contributed by atoms with van der Waals surface area (Å²) in [5.74, 6) is -0.990. The molecular weight excluding hydrogens is 482 g/mol. The Bertz CT molecular complexity index is 997. The molecule has 1 aliphatic heterocycles. The van der Waals surface area contributed by atoms with Gasteiger partial charge in [0.2, 0.25) is 10.0 Å². The van der Waals surface area contributed by atoms with E-state index in [-0.39, 0.29) is 35.8 Å². The summed E-state index contributed by atoms with van der Waals surface area (Å²) in [7, 11) is -3.68. The number of thiophene rings is 1. The third-order valence-corrected chi connectivity index (χ3v) is 7.70. The van der Waals surface area contributed by atoms with Crippen LogP contribution in [0.25, 0.3) is 0 Å². The molecule has 2 aromatic rings. The maximum absolute atomic E-state index is 12.8. The van der Waals surface area contributed by atoms with Crippen molar-refractivity contribution in [3.05, 3.63) is 50.6 Å². The lowest BCUT2D eigenvalue weighted by atomic mass is 10.2. The largest absolute Gasteiger partial charge is 0.373 e. The summed E-state index contributed by atoms with van der Waals surface area (Å²) < 4.78 is 33.5. The Kier molecular flexibility index (Phi) is 6.74. The van der Waals surface area contributed by atoms with E-state index >= 15 is 0 Å². The topological polar surface area (TPSA) is 105 Å². The number of nitrogens with one attached hydrogen (secondary N) is 2. The number of amides is 2. The molecule has 1 saturated heterocycles. The highest BCUT2D eigenvalue weighted by molar-refractivity contribution is 9.11. The Morgan fingerprint density at radius 1 is 1.03 bits per heavy atom. The maximum Gasteiger partial charge on any atom is 0.279 e. The fraction of sp³-hybridized carbons (Fsp3) is 0.333. The molecule has 29 heavy (non-hydrogen) atoms. The highest BCUT2D eigenvalue weighted by atomic mass is 79.9. The van der Waals surface area contributed by atoms with Crippen molar-refractivity contribution in [3.8, 4) is 0 Å². The van der Waals surface area contributed by atoms with Crippen LogP contribution in [-0.2, 0) is 14.8 Å². The number of morpholine rings is 1. The first-order valence-corrected chi connectivity index (χ1v) is 11.8. The van der Waals surface area contributed by atoms with Crippen molar-refractivity contribution in [2.75, 3.05) is 13.1 Å². The number of hydrogen-bond donors (Lipinski definition) is 2. The number of carbonyl (C=O) groups excluding carboxylic acids is 2. The summed E-state index contributed by atoms with van der Waals surface area (Å²) in [5, 5.41) is 0. The van der Waals surface area contributed by atoms with Crippen LogP contribution < -0.4 is 10.9 Å². The van der Waals surface area contributed by atoms with Gasteiger partial charge in [-0.15, -0.1) is 11.3 Å². The normalized spacial score (nSPS) is 20.2. The van der Waals surface area contributed by atoms with E-state index in [1.54, 1.807) is 12.1 Å². The van der Waals surface area contributed by atoms with Crippen LogP contribution in [0.5, 0.6) is 0 Å². The fourth-order valence-electron chi connectivity index (χ4n) is 2.94. The molecule has 2 heterocycles. The summed E-state index contributed by atoms with van der Waals surface area (Å²) in [6.07, 6.45) is -0.377. The molecule has 0 spiro atoms. The van der Waals surface area contributed by atoms with Crippen LogP contribution in [0.15, 0.2) is 45.1 Å². The van der Waals surface area contributed by atoms with Crippen LogP contribution in [0.1, 0.15) is 33.9 Å². The van der Waals surface area contributed by atoms with E-state index in [1.165, 1.54) is 39.9 Å². The lowest BCUT2D eigenvalue weighted by Gasteiger charge is -2.34. The number of carbonyl (C=O) groups is 2. The molecule has 11 heteroatoms. The standard InChI is InChI=1S/C18H20BrN3O5S2/c1-11-9-22(10-12(2)27-11)29(25,26)14-5-3-13(4-6-14)17(23)20-21-18(24)15-7-8-16(19)28-15/h3-8,11-12H,9-10H2,1-2H3,(H,20,23)(H,21,24)/t11-,12-/m1/s1. The van der Waals surface area contributed by atoms with Crippen molar-refractivity contribution >= 4 is 49.1 Å². The van der Waals surface area contributed by atoms with Gasteiger partial charge in [0.05, 0.1) is 25.8 Å². The number of ether oxygens (including phenoxy) is 1. The fourth-order valence-corrected chi connectivity index (χ4v) is 5.81. The number of nitrogens with zero attached hydrogens (tertiary/aromatic N) is 1. The number of hydrazine groups is 1. The summed E-state index contributed by atoms with van der Waals surface area (Å²) in [6, 6.07) is 8.94. The Hall–Kier alpha value is -1.79. The SMILES string of the molecule is C[C@@H]1CN(S(=O)(=O)c2ccc(C(=O)NNC(=O)c3ccc(Br)s3)cc2)C[C@@H](C)O1. The van der Waals surface area contributed by atoms with Crippen molar-refractivity contribution in [3.63, 3.8) is 0 Å². The van der Waals surface area contributed by atoms with Crippen LogP contribution in [-0.4, -0.2) is 49.8 Å². The molecule has 0 bridgehead atoms. The van der Waals surface area contributed by atoms with Crippen molar-refractivity contribution in [2.45, 2.75) is 31.0 Å². The molecule has 8 nitrogen and oxygen atoms in total. The van der Waals surface area contributed by atoms with Gasteiger partial charge in [0.1, 0.15) is 0 Å². The first-order chi connectivity index (χ1) is 13.7. The van der Waals surface area contributed by atoms with Crippen LogP contribution in [0.2, 0.25) is 0 Å². The van der Waals surface area contributed by atoms with E-state index in [4.69, 9.17) is 4.74 Å². The number of halogens is 1. The zero-order valence-electron chi connectivity index (χ0n) is 15.7. The molecule has 156 valence electrons. The molecule has 1 fully saturated rings. The Balaban J connectivity index is 1.64. The monoisotopic (exact) mass is 501 g/mol. The number of sulfonamides is 1. The van der Waals surface area contributed by atoms with E-state index in [9.17, 15) is 18.0 Å². The van der Waals surface area contributed by atoms with Crippen LogP contribution in [0.3, 0.4) is 0 Å². The second-order valence-corrected chi connectivity index (χ2v) is 11.0. The minimum atomic E-state index is -3.68. The summed E-state index contributed by atoms with van der Waals surface area (Å²) in [6.45, 7) is 4.21. The third-order valence-electron chi connectivity index (χ3n) is 4.23. The van der Waals surface area contributed by atoms with Gasteiger partial charge in [0.25, 0.3) is 11.8 Å². The Morgan fingerprint density at radius 2 is 1.62 bits per heavy atom. The van der Waals surface area contributed by atoms with Gasteiger partial charge in [0.15, 0.2) is 0 Å². The number of benzene rings is 1. The molecule has 2 amide bonds. The zero-order valence-corrected chi connectivity index (χ0v) is 18.9. The predicted molar refractivity (Wildman–Crippen MR) is 112 cm³/mol. The average Bonchev–Trinajstić information content (AvgIpc) is 3.11. The molecule has 0 aliphatic carbocycles. The second kappa shape index (κ2) is 8.92. The van der Waals surface area contributed by atoms with Gasteiger partial charge >= 0.3 is 0 Å². The third kappa shape index (κ3) is 5.23. The Morgan fingerprint density at radius 3 is 2.17 bits per heavy atom. The molecule has 1 aromatic heterocycles. The van der Waals surface area contributed by atoms with E-state index < -0.39 is 21.8 Å². The van der Waals surface area contributed by atoms with Gasteiger partial charge in [-0.2, -0.15) is 4.31 Å². The molecule has 2 N–H and O–H groups in total. The summed E-state index contributed by atoms with van der Waals surface area (Å²) >= 11 is 4.50. The lowest BCUT2D eigenvalue weighted by Crippen LogP contribution is -2.48. The lowest BCUT2D eigenvalue weighted by molar-refractivity contribution is -0.0440. The first kappa shape index (κ1) is 21.9. The Labute approximate surface area is 181 Å². The summed E-state index contributed by atoms with van der Waals surface area (Å²) in [5.41, 5.74) is 4.87. The van der Waals surface area contributed by atoms with Gasteiger partial charge in [0, 0.05) is 18.7 Å². The van der Waals surface area contributed by atoms with E-state index in [0.717, 1.165) is 3.79 Å². The van der Waals surface area contributed by atoms with Crippen molar-refractivity contribution < 1.29 is 22.7 Å². The molecule has 0 unspecified atom stereocenters. The molecule has 3 rings (SSSR count). The number of hydrogen-bond acceptors (Lipinski definition) is 6. The number of rotatable bonds is 4. The molecule has 1 aliphatic rings. The van der Waals surface area contributed by atoms with Crippen molar-refractivity contribution in [2.24, 2.45) is 0 Å². The van der Waals surface area contributed by atoms with Gasteiger partial charge in [-0.05, 0) is 66.2 Å². The van der Waals surface area contributed by atoms with Gasteiger partial charge in [-0.3, -0.25) is 20.4 Å². The van der Waals surface area contributed by atoms with E-state index in [0.29, 0.717) is 4.88 Å². The molecular formula is C18H20BrN3O5S2. The molecule has 2 atom stereocenters. The second-order valence-electron chi connectivity index (χ2n) is 6.62. The highest BCUT2D eigenvalue weighted by Gasteiger charge is 2.32. The zero-order chi connectivity index (χ0) is 21.2. The summed E-state index contributed by atoms with van der Waals surface area (Å²) in [4.78, 5) is 24.7. The highest BCUT2D eigenvalue weighted by Crippen LogP contribution is 2.22. The van der Waals surface area contributed by atoms with E-state index in [2.05, 4.69) is 26.8 Å². The quantitative estimate of drug-likeness (QED) is 0.625. The average molecular weight is 502 g/mol. The van der Waals surface area contributed by atoms with Crippen molar-refractivity contribution in [1.29, 1.82) is 0 Å². The maximum atomic E-state index is 12.8. The minimum Gasteiger partial charge on any atom is -0.373 e. The van der Waals surface area contributed by atoms with Crippen LogP contribution in [0.4, 0.5) is 0 Å². The smallest absolute Gasteiger partial charge is 0.279 e. The van der Waals surface area contributed by atoms with E-state index in [1.807, 2.05) is 13.8 Å². The van der Waals surface area contributed by atoms with Gasteiger partial charge in [-0.25, -0.2) is 8.42 Å². The molecule has 0 radical (unpaired) electrons. The van der Waals surface area contributed by atoms with Crippen molar-refractivity contribution in [1.82, 2.24) is 15.2 Å². The van der Waals surface area contributed by atoms with Gasteiger partial charge < -0.3 is 4.74 Å². The minimum absolute atomic E-state index is 0.0998. The predicted octanol–water partition coefficient (Wildman–Crippen LogP) is 2.38. The van der Waals surface area contributed by atoms with Gasteiger partial charge in [-0.1, -0.05) is 0 Å². The molecule has 1 aromatic carbocycles. The van der Waals surface area contributed by atoms with Crippen LogP contribution in [0, 0.1) is 0 Å². The molecule has 0 saturated carbocycles.